The molecule has 0 spiro atoms. The van der Waals surface area contributed by atoms with Gasteiger partial charge in [0.1, 0.15) is 5.00 Å². The number of anilines is 1. The molecule has 0 aliphatic heterocycles. The average Bonchev–Trinajstić information content (AvgIpc) is 2.81. The molecule has 1 heterocycles. The second kappa shape index (κ2) is 7.38. The first-order chi connectivity index (χ1) is 9.71. The van der Waals surface area contributed by atoms with Gasteiger partial charge in [-0.15, -0.1) is 0 Å². The smallest absolute Gasteiger partial charge is 0.230 e. The van der Waals surface area contributed by atoms with Gasteiger partial charge in [-0.25, -0.2) is 13.4 Å². The SMILES string of the molecule is CCN(CC)S(CC)(c1ncc(NS(C)(=O)=O)s1)S(=O)[O-]. The van der Waals surface area contributed by atoms with Crippen LogP contribution in [0.15, 0.2) is 10.5 Å². The summed E-state index contributed by atoms with van der Waals surface area (Å²) in [6.45, 7) is 6.78. The number of nitrogens with one attached hydrogen (secondary N) is 1. The van der Waals surface area contributed by atoms with E-state index in [1.807, 2.05) is 25.1 Å². The Balaban J connectivity index is 3.31. The standard InChI is InChI=1S/C10H21N3O4S4/c1-5-13(6-2)21(7-3,19(14)15)10-11-8-9(18-10)12-20(4,16)17/h8,12H,5-7H2,1-4H3,(H,14,15)/p-1. The lowest BCUT2D eigenvalue weighted by Gasteiger charge is -2.46. The molecule has 2 atom stereocenters. The molecule has 0 amide bonds. The average molecular weight is 375 g/mol. The third kappa shape index (κ3) is 4.17. The van der Waals surface area contributed by atoms with Gasteiger partial charge in [-0.3, -0.25) is 13.2 Å². The minimum absolute atomic E-state index is 0.329. The van der Waals surface area contributed by atoms with E-state index < -0.39 is 29.4 Å². The van der Waals surface area contributed by atoms with Crippen molar-refractivity contribution in [3.63, 3.8) is 0 Å². The molecule has 0 aromatic carbocycles. The van der Waals surface area contributed by atoms with Crippen LogP contribution in [0, 0.1) is 0 Å². The zero-order valence-corrected chi connectivity index (χ0v) is 15.6. The van der Waals surface area contributed by atoms with Gasteiger partial charge in [-0.1, -0.05) is 41.4 Å². The number of thiazole rings is 1. The third-order valence-electron chi connectivity index (χ3n) is 2.78. The zero-order chi connectivity index (χ0) is 16.3. The Labute approximate surface area is 133 Å². The topological polar surface area (TPSA) is 102 Å². The lowest BCUT2D eigenvalue weighted by molar-refractivity contribution is 0.504. The summed E-state index contributed by atoms with van der Waals surface area (Å²) in [4.78, 5) is 4.18. The zero-order valence-electron chi connectivity index (χ0n) is 12.4. The van der Waals surface area contributed by atoms with Crippen molar-refractivity contribution in [3.05, 3.63) is 6.20 Å². The first-order valence-corrected chi connectivity index (χ1v) is 12.4. The lowest BCUT2D eigenvalue weighted by atomic mass is 10.7. The van der Waals surface area contributed by atoms with Gasteiger partial charge in [0.05, 0.1) is 12.5 Å². The Bertz CT molecular complexity index is 599. The van der Waals surface area contributed by atoms with E-state index in [-0.39, 0.29) is 0 Å². The van der Waals surface area contributed by atoms with E-state index in [0.717, 1.165) is 17.6 Å². The fourth-order valence-electron chi connectivity index (χ4n) is 1.93. The molecule has 0 saturated heterocycles. The van der Waals surface area contributed by atoms with Crippen LogP contribution in [0.25, 0.3) is 0 Å². The van der Waals surface area contributed by atoms with Crippen molar-refractivity contribution in [2.45, 2.75) is 25.1 Å². The second-order valence-corrected chi connectivity index (χ2v) is 12.8. The summed E-state index contributed by atoms with van der Waals surface area (Å²) in [5.74, 6) is 0.413. The normalized spacial score (nSPS) is 18.2. The monoisotopic (exact) mass is 374 g/mol. The minimum Gasteiger partial charge on any atom is -0.764 e. The van der Waals surface area contributed by atoms with Gasteiger partial charge in [0, 0.05) is 29.0 Å². The van der Waals surface area contributed by atoms with Crippen molar-refractivity contribution in [3.8, 4) is 0 Å². The van der Waals surface area contributed by atoms with Gasteiger partial charge in [0.15, 0.2) is 4.34 Å². The maximum Gasteiger partial charge on any atom is 0.230 e. The van der Waals surface area contributed by atoms with Crippen LogP contribution < -0.4 is 4.72 Å². The Morgan fingerprint density at radius 3 is 2.33 bits per heavy atom. The van der Waals surface area contributed by atoms with E-state index in [4.69, 9.17) is 0 Å². The van der Waals surface area contributed by atoms with Crippen molar-refractivity contribution in [1.29, 1.82) is 0 Å². The first-order valence-electron chi connectivity index (χ1n) is 6.30. The molecular formula is C10H20N3O4S4-. The molecule has 2 unspecified atom stereocenters. The fraction of sp³-hybridized carbons (Fsp3) is 0.700. The second-order valence-electron chi connectivity index (χ2n) is 4.11. The summed E-state index contributed by atoms with van der Waals surface area (Å²) < 4.78 is 51.0. The van der Waals surface area contributed by atoms with Crippen LogP contribution >= 0.6 is 20.6 Å². The summed E-state index contributed by atoms with van der Waals surface area (Å²) in [7, 11) is -8.01. The molecule has 0 bridgehead atoms. The Morgan fingerprint density at radius 1 is 1.38 bits per heavy atom. The summed E-state index contributed by atoms with van der Waals surface area (Å²) in [5.41, 5.74) is 0. The van der Waals surface area contributed by atoms with Crippen molar-refractivity contribution < 1.29 is 17.2 Å². The van der Waals surface area contributed by atoms with Crippen LogP contribution in [-0.4, -0.2) is 51.6 Å². The lowest BCUT2D eigenvalue weighted by Crippen LogP contribution is -2.32. The van der Waals surface area contributed by atoms with Crippen LogP contribution in [0.5, 0.6) is 0 Å². The molecule has 11 heteroatoms. The summed E-state index contributed by atoms with van der Waals surface area (Å²) in [6.07, 6.45) is 2.41. The van der Waals surface area contributed by atoms with Gasteiger partial charge >= 0.3 is 0 Å². The molecule has 0 aliphatic rings. The summed E-state index contributed by atoms with van der Waals surface area (Å²) in [5, 5.41) is 0.329. The molecule has 1 aromatic heterocycles. The van der Waals surface area contributed by atoms with E-state index in [1.54, 1.807) is 0 Å². The molecule has 21 heavy (non-hydrogen) atoms. The highest BCUT2D eigenvalue weighted by molar-refractivity contribution is 8.85. The van der Waals surface area contributed by atoms with E-state index in [0.29, 0.717) is 28.2 Å². The first kappa shape index (κ1) is 18.8. The molecule has 1 aromatic rings. The number of hydrogen-bond donors (Lipinski definition) is 1. The molecule has 124 valence electrons. The van der Waals surface area contributed by atoms with E-state index in [9.17, 15) is 17.2 Å². The van der Waals surface area contributed by atoms with Crippen molar-refractivity contribution in [2.75, 3.05) is 29.8 Å². The Morgan fingerprint density at radius 2 is 1.95 bits per heavy atom. The fourth-order valence-corrected chi connectivity index (χ4v) is 10.2. The number of aromatic nitrogens is 1. The number of nitrogens with zero attached hydrogens (tertiary/aromatic N) is 2. The van der Waals surface area contributed by atoms with Crippen LogP contribution in [0.4, 0.5) is 5.00 Å². The molecule has 0 aliphatic carbocycles. The molecule has 1 rings (SSSR count). The van der Waals surface area contributed by atoms with E-state index in [1.165, 1.54) is 6.20 Å². The largest absolute Gasteiger partial charge is 0.764 e. The van der Waals surface area contributed by atoms with Crippen molar-refractivity contribution >= 4 is 45.7 Å². The van der Waals surface area contributed by atoms with Crippen LogP contribution in [0.3, 0.4) is 0 Å². The number of hydrogen-bond acceptors (Lipinski definition) is 7. The van der Waals surface area contributed by atoms with Crippen molar-refractivity contribution in [2.24, 2.45) is 0 Å². The third-order valence-corrected chi connectivity index (χ3v) is 12.0. The van der Waals surface area contributed by atoms with Crippen LogP contribution in [0.2, 0.25) is 0 Å². The van der Waals surface area contributed by atoms with E-state index >= 15 is 0 Å². The molecule has 7 nitrogen and oxygen atoms in total. The highest BCUT2D eigenvalue weighted by atomic mass is 33.2. The number of sulfonamides is 1. The van der Waals surface area contributed by atoms with Gasteiger partial charge in [-0.05, 0) is 0 Å². The summed E-state index contributed by atoms with van der Waals surface area (Å²) in [6, 6.07) is 0. The summed E-state index contributed by atoms with van der Waals surface area (Å²) >= 11 is 1.08. The quantitative estimate of drug-likeness (QED) is 0.549. The van der Waals surface area contributed by atoms with E-state index in [2.05, 4.69) is 9.71 Å². The Kier molecular flexibility index (Phi) is 6.62. The number of rotatable bonds is 8. The minimum atomic E-state index is -3.41. The molecule has 1 N–H and O–H groups in total. The predicted octanol–water partition coefficient (Wildman–Crippen LogP) is 1.75. The maximum absolute atomic E-state index is 11.9. The molecule has 0 saturated carbocycles. The van der Waals surface area contributed by atoms with Gasteiger partial charge in [0.25, 0.3) is 0 Å². The highest BCUT2D eigenvalue weighted by Gasteiger charge is 2.34. The highest BCUT2D eigenvalue weighted by Crippen LogP contribution is 2.62. The molecular weight excluding hydrogens is 354 g/mol. The molecule has 0 fully saturated rings. The van der Waals surface area contributed by atoms with Crippen LogP contribution in [-0.2, 0) is 20.1 Å². The van der Waals surface area contributed by atoms with Gasteiger partial charge < -0.3 is 4.55 Å². The molecule has 0 radical (unpaired) electrons. The van der Waals surface area contributed by atoms with Gasteiger partial charge in [0.2, 0.25) is 10.0 Å². The predicted molar refractivity (Wildman–Crippen MR) is 88.8 cm³/mol. The maximum atomic E-state index is 11.9. The van der Waals surface area contributed by atoms with Crippen molar-refractivity contribution in [1.82, 2.24) is 9.29 Å². The van der Waals surface area contributed by atoms with Crippen LogP contribution in [0.1, 0.15) is 20.8 Å². The van der Waals surface area contributed by atoms with Gasteiger partial charge in [-0.2, -0.15) is 0 Å². The Hall–Kier alpha value is -0.200.